The molecule has 0 radical (unpaired) electrons. The molecule has 5 nitrogen and oxygen atoms in total. The number of aryl methyl sites for hydroxylation is 1. The maximum Gasteiger partial charge on any atom is 0.141 e. The summed E-state index contributed by atoms with van der Waals surface area (Å²) in [5.74, 6) is -0.257. The van der Waals surface area contributed by atoms with E-state index in [9.17, 15) is 14.8 Å². The van der Waals surface area contributed by atoms with Crippen LogP contribution in [0.3, 0.4) is 0 Å². The molecule has 2 heterocycles. The Morgan fingerprint density at radius 1 is 1.34 bits per heavy atom. The summed E-state index contributed by atoms with van der Waals surface area (Å²) in [5.41, 5.74) is 1.37. The molecular weight excluding hydrogens is 367 g/mol. The number of halogens is 1. The van der Waals surface area contributed by atoms with E-state index in [2.05, 4.69) is 20.9 Å². The summed E-state index contributed by atoms with van der Waals surface area (Å²) in [6.45, 7) is 3.23. The molecule has 154 valence electrons. The lowest BCUT2D eigenvalue weighted by molar-refractivity contribution is -0.0846. The van der Waals surface area contributed by atoms with Crippen LogP contribution in [0.5, 0.6) is 0 Å². The second-order valence-corrected chi connectivity index (χ2v) is 8.24. The number of hydrogen-bond donors (Lipinski definition) is 1. The second-order valence-electron chi connectivity index (χ2n) is 8.24. The molecule has 0 unspecified atom stereocenters. The molecule has 1 aromatic heterocycles. The second kappa shape index (κ2) is 9.45. The van der Waals surface area contributed by atoms with Crippen molar-refractivity contribution < 1.29 is 9.50 Å². The lowest BCUT2D eigenvalue weighted by atomic mass is 9.75. The van der Waals surface area contributed by atoms with Crippen LogP contribution < -0.4 is 0 Å². The van der Waals surface area contributed by atoms with Gasteiger partial charge in [-0.1, -0.05) is 12.1 Å². The molecule has 1 N–H and O–H groups in total. The standard InChI is InChI=1S/C23H29FN4O/c1-27(2)16-21-17-28(9-4-6-19-12-22(24)15-26-14-19)10-8-23(21,29)20-7-3-5-18(11-20)13-25/h3,5,7,11-12,14-15,21,29H,4,6,8-10,16-17H2,1-2H3/t21-,23-/m1/s1. The Morgan fingerprint density at radius 2 is 2.17 bits per heavy atom. The zero-order valence-electron chi connectivity index (χ0n) is 17.2. The lowest BCUT2D eigenvalue weighted by Crippen LogP contribution is -2.53. The lowest BCUT2D eigenvalue weighted by Gasteiger charge is -2.46. The molecule has 1 aromatic carbocycles. The van der Waals surface area contributed by atoms with Crippen molar-refractivity contribution in [3.8, 4) is 6.07 Å². The molecule has 0 aliphatic carbocycles. The zero-order chi connectivity index (χ0) is 20.9. The average Bonchev–Trinajstić information content (AvgIpc) is 2.70. The highest BCUT2D eigenvalue weighted by Gasteiger charge is 2.42. The van der Waals surface area contributed by atoms with Gasteiger partial charge in [0.1, 0.15) is 5.82 Å². The van der Waals surface area contributed by atoms with E-state index in [4.69, 9.17) is 0 Å². The van der Waals surface area contributed by atoms with Gasteiger partial charge in [-0.25, -0.2) is 4.39 Å². The van der Waals surface area contributed by atoms with Gasteiger partial charge < -0.3 is 14.9 Å². The highest BCUT2D eigenvalue weighted by molar-refractivity contribution is 5.36. The van der Waals surface area contributed by atoms with E-state index in [1.807, 2.05) is 32.3 Å². The third-order valence-electron chi connectivity index (χ3n) is 5.74. The summed E-state index contributed by atoms with van der Waals surface area (Å²) in [5, 5.41) is 20.8. The molecular formula is C23H29FN4O. The van der Waals surface area contributed by atoms with Crippen LogP contribution in [0.1, 0.15) is 29.5 Å². The normalized spacial score (nSPS) is 22.6. The zero-order valence-corrected chi connectivity index (χ0v) is 17.2. The van der Waals surface area contributed by atoms with Gasteiger partial charge in [-0.3, -0.25) is 4.98 Å². The Bertz CT molecular complexity index is 866. The predicted molar refractivity (Wildman–Crippen MR) is 111 cm³/mol. The number of piperidine rings is 1. The quantitative estimate of drug-likeness (QED) is 0.780. The number of pyridine rings is 1. The fourth-order valence-corrected chi connectivity index (χ4v) is 4.28. The Morgan fingerprint density at radius 3 is 2.90 bits per heavy atom. The van der Waals surface area contributed by atoms with E-state index >= 15 is 0 Å². The molecule has 1 aliphatic rings. The number of aromatic nitrogens is 1. The van der Waals surface area contributed by atoms with Gasteiger partial charge in [0.05, 0.1) is 23.4 Å². The highest BCUT2D eigenvalue weighted by atomic mass is 19.1. The first kappa shape index (κ1) is 21.4. The van der Waals surface area contributed by atoms with E-state index in [-0.39, 0.29) is 11.7 Å². The van der Waals surface area contributed by atoms with E-state index < -0.39 is 5.60 Å². The van der Waals surface area contributed by atoms with Crippen molar-refractivity contribution in [3.63, 3.8) is 0 Å². The summed E-state index contributed by atoms with van der Waals surface area (Å²) in [7, 11) is 4.03. The minimum absolute atomic E-state index is 0.0380. The van der Waals surface area contributed by atoms with Crippen LogP contribution in [0, 0.1) is 23.1 Å². The fourth-order valence-electron chi connectivity index (χ4n) is 4.28. The minimum atomic E-state index is -0.944. The van der Waals surface area contributed by atoms with Crippen molar-refractivity contribution in [2.45, 2.75) is 24.9 Å². The van der Waals surface area contributed by atoms with Crippen molar-refractivity contribution in [2.24, 2.45) is 5.92 Å². The van der Waals surface area contributed by atoms with E-state index in [1.54, 1.807) is 18.3 Å². The Kier molecular flexibility index (Phi) is 6.96. The van der Waals surface area contributed by atoms with E-state index in [0.717, 1.165) is 50.1 Å². The average molecular weight is 397 g/mol. The molecule has 1 aliphatic heterocycles. The highest BCUT2D eigenvalue weighted by Crippen LogP contribution is 2.38. The summed E-state index contributed by atoms with van der Waals surface area (Å²) in [4.78, 5) is 8.39. The number of rotatable bonds is 7. The van der Waals surface area contributed by atoms with Crippen molar-refractivity contribution >= 4 is 0 Å². The maximum absolute atomic E-state index is 13.3. The van der Waals surface area contributed by atoms with Crippen LogP contribution >= 0.6 is 0 Å². The molecule has 1 saturated heterocycles. The number of hydrogen-bond acceptors (Lipinski definition) is 5. The summed E-state index contributed by atoms with van der Waals surface area (Å²) in [6.07, 6.45) is 5.27. The largest absolute Gasteiger partial charge is 0.385 e. The van der Waals surface area contributed by atoms with Gasteiger partial charge in [0.2, 0.25) is 0 Å². The molecule has 3 rings (SSSR count). The molecule has 29 heavy (non-hydrogen) atoms. The van der Waals surface area contributed by atoms with Crippen molar-refractivity contribution in [1.29, 1.82) is 5.26 Å². The molecule has 2 atom stereocenters. The van der Waals surface area contributed by atoms with Crippen LogP contribution in [-0.4, -0.2) is 60.2 Å². The summed E-state index contributed by atoms with van der Waals surface area (Å²) >= 11 is 0. The van der Waals surface area contributed by atoms with Gasteiger partial charge in [0, 0.05) is 31.7 Å². The third kappa shape index (κ3) is 5.39. The summed E-state index contributed by atoms with van der Waals surface area (Å²) in [6, 6.07) is 11.1. The number of aliphatic hydroxyl groups is 1. The van der Waals surface area contributed by atoms with Crippen LogP contribution in [0.25, 0.3) is 0 Å². The summed E-state index contributed by atoms with van der Waals surface area (Å²) < 4.78 is 13.3. The van der Waals surface area contributed by atoms with Crippen molar-refractivity contribution in [2.75, 3.05) is 40.3 Å². The molecule has 0 spiro atoms. The first-order valence-electron chi connectivity index (χ1n) is 10.1. The van der Waals surface area contributed by atoms with Crippen molar-refractivity contribution in [3.05, 3.63) is 65.2 Å². The molecule has 0 saturated carbocycles. The van der Waals surface area contributed by atoms with E-state index in [1.165, 1.54) is 6.20 Å². The van der Waals surface area contributed by atoms with Gasteiger partial charge in [0.15, 0.2) is 0 Å². The third-order valence-corrected chi connectivity index (χ3v) is 5.74. The van der Waals surface area contributed by atoms with Crippen LogP contribution in [0.2, 0.25) is 0 Å². The van der Waals surface area contributed by atoms with Gasteiger partial charge in [-0.2, -0.15) is 5.26 Å². The molecule has 2 aromatic rings. The SMILES string of the molecule is CN(C)C[C@@H]1CN(CCCc2cncc(F)c2)CC[C@@]1(O)c1cccc(C#N)c1. The molecule has 1 fully saturated rings. The van der Waals surface area contributed by atoms with Crippen LogP contribution in [-0.2, 0) is 12.0 Å². The van der Waals surface area contributed by atoms with Crippen LogP contribution in [0.15, 0.2) is 42.7 Å². The first-order chi connectivity index (χ1) is 13.9. The first-order valence-corrected chi connectivity index (χ1v) is 10.1. The molecule has 0 bridgehead atoms. The number of likely N-dealkylation sites (tertiary alicyclic amines) is 1. The minimum Gasteiger partial charge on any atom is -0.385 e. The van der Waals surface area contributed by atoms with Gasteiger partial charge in [-0.15, -0.1) is 0 Å². The fraction of sp³-hybridized carbons (Fsp3) is 0.478. The number of benzene rings is 1. The van der Waals surface area contributed by atoms with E-state index in [0.29, 0.717) is 12.0 Å². The Balaban J connectivity index is 1.67. The number of nitrogens with zero attached hydrogens (tertiary/aromatic N) is 4. The van der Waals surface area contributed by atoms with Crippen LogP contribution in [0.4, 0.5) is 4.39 Å². The Hall–Kier alpha value is -2.33. The van der Waals surface area contributed by atoms with Gasteiger partial charge in [0.25, 0.3) is 0 Å². The maximum atomic E-state index is 13.3. The van der Waals surface area contributed by atoms with Gasteiger partial charge in [-0.05, 0) is 69.2 Å². The smallest absolute Gasteiger partial charge is 0.141 e. The number of nitriles is 1. The predicted octanol–water partition coefficient (Wildman–Crippen LogP) is 2.80. The Labute approximate surface area is 172 Å². The molecule has 6 heteroatoms. The topological polar surface area (TPSA) is 63.4 Å². The molecule has 0 amide bonds. The van der Waals surface area contributed by atoms with Gasteiger partial charge >= 0.3 is 0 Å². The monoisotopic (exact) mass is 396 g/mol. The van der Waals surface area contributed by atoms with Crippen molar-refractivity contribution in [1.82, 2.24) is 14.8 Å².